The molecule has 0 amide bonds. The zero-order valence-electron chi connectivity index (χ0n) is 11.5. The molecule has 0 bridgehead atoms. The molecule has 1 fully saturated rings. The number of carbonyl (C=O) groups excluding carboxylic acids is 1. The molecule has 1 N–H and O–H groups in total. The van der Waals surface area contributed by atoms with Crippen LogP contribution in [0.5, 0.6) is 0 Å². The zero-order valence-corrected chi connectivity index (χ0v) is 11.5. The highest BCUT2D eigenvalue weighted by molar-refractivity contribution is 5.76. The van der Waals surface area contributed by atoms with E-state index in [1.807, 2.05) is 18.7 Å². The van der Waals surface area contributed by atoms with E-state index in [9.17, 15) is 9.90 Å². The number of likely N-dealkylation sites (tertiary alicyclic amines) is 1. The third-order valence-electron chi connectivity index (χ3n) is 3.40. The van der Waals surface area contributed by atoms with Gasteiger partial charge in [0.2, 0.25) is 0 Å². The van der Waals surface area contributed by atoms with Crippen molar-refractivity contribution in [3.8, 4) is 0 Å². The van der Waals surface area contributed by atoms with E-state index in [0.717, 1.165) is 11.5 Å². The molecule has 6 nitrogen and oxygen atoms in total. The minimum Gasteiger partial charge on any atom is -0.468 e. The fraction of sp³-hybridized carbons (Fsp3) is 0.692. The summed E-state index contributed by atoms with van der Waals surface area (Å²) < 4.78 is 10.1. The summed E-state index contributed by atoms with van der Waals surface area (Å²) in [5, 5.41) is 9.73. The van der Waals surface area contributed by atoms with Crippen LogP contribution in [0.1, 0.15) is 37.6 Å². The van der Waals surface area contributed by atoms with Crippen LogP contribution in [-0.2, 0) is 16.1 Å². The Morgan fingerprint density at radius 3 is 3.05 bits per heavy atom. The summed E-state index contributed by atoms with van der Waals surface area (Å²) in [5.74, 6) is 0.748. The monoisotopic (exact) mass is 268 g/mol. The fourth-order valence-corrected chi connectivity index (χ4v) is 2.49. The molecule has 0 saturated carbocycles. The zero-order chi connectivity index (χ0) is 14.0. The lowest BCUT2D eigenvalue weighted by molar-refractivity contribution is -0.146. The van der Waals surface area contributed by atoms with Crippen molar-refractivity contribution in [1.82, 2.24) is 9.88 Å². The van der Waals surface area contributed by atoms with Crippen molar-refractivity contribution in [3.63, 3.8) is 0 Å². The second-order valence-corrected chi connectivity index (χ2v) is 5.18. The molecule has 1 aromatic heterocycles. The second-order valence-electron chi connectivity index (χ2n) is 5.18. The van der Waals surface area contributed by atoms with Gasteiger partial charge in [-0.2, -0.15) is 0 Å². The van der Waals surface area contributed by atoms with Crippen LogP contribution >= 0.6 is 0 Å². The maximum Gasteiger partial charge on any atom is 0.323 e. The van der Waals surface area contributed by atoms with E-state index < -0.39 is 12.1 Å². The van der Waals surface area contributed by atoms with Gasteiger partial charge in [-0.25, -0.2) is 4.98 Å². The quantitative estimate of drug-likeness (QED) is 0.818. The average molecular weight is 268 g/mol. The van der Waals surface area contributed by atoms with E-state index in [-0.39, 0.29) is 11.9 Å². The molecule has 2 heterocycles. The third kappa shape index (κ3) is 2.96. The molecule has 0 aliphatic carbocycles. The van der Waals surface area contributed by atoms with Crippen molar-refractivity contribution >= 4 is 5.97 Å². The molecule has 1 aromatic rings. The molecule has 2 atom stereocenters. The first-order chi connectivity index (χ1) is 9.02. The highest BCUT2D eigenvalue weighted by atomic mass is 16.5. The number of oxazole rings is 1. The number of aliphatic hydroxyl groups is 1. The lowest BCUT2D eigenvalue weighted by Crippen LogP contribution is -2.36. The second kappa shape index (κ2) is 5.71. The Kier molecular flexibility index (Phi) is 4.21. The van der Waals surface area contributed by atoms with Gasteiger partial charge in [-0.1, -0.05) is 13.8 Å². The number of esters is 1. The average Bonchev–Trinajstić information content (AvgIpc) is 2.95. The maximum atomic E-state index is 11.7. The number of carbonyl (C=O) groups is 1. The van der Waals surface area contributed by atoms with Crippen LogP contribution in [0.25, 0.3) is 0 Å². The fourth-order valence-electron chi connectivity index (χ4n) is 2.49. The van der Waals surface area contributed by atoms with Gasteiger partial charge in [0.1, 0.15) is 11.8 Å². The number of aromatic nitrogens is 1. The normalized spacial score (nSPS) is 24.1. The SMILES string of the molecule is COC(=O)[C@H]1C[C@H](O)CN1Cc1ncoc1C(C)C. The van der Waals surface area contributed by atoms with Crippen LogP contribution < -0.4 is 0 Å². The van der Waals surface area contributed by atoms with Gasteiger partial charge in [0, 0.05) is 25.4 Å². The molecule has 1 saturated heterocycles. The molecule has 106 valence electrons. The van der Waals surface area contributed by atoms with E-state index in [0.29, 0.717) is 19.5 Å². The van der Waals surface area contributed by atoms with Gasteiger partial charge in [-0.05, 0) is 0 Å². The molecule has 6 heteroatoms. The summed E-state index contributed by atoms with van der Waals surface area (Å²) >= 11 is 0. The Morgan fingerprint density at radius 1 is 1.68 bits per heavy atom. The van der Waals surface area contributed by atoms with Crippen molar-refractivity contribution in [1.29, 1.82) is 0 Å². The molecule has 0 unspecified atom stereocenters. The van der Waals surface area contributed by atoms with Crippen LogP contribution in [0, 0.1) is 0 Å². The predicted molar refractivity (Wildman–Crippen MR) is 67.4 cm³/mol. The highest BCUT2D eigenvalue weighted by Gasteiger charge is 2.37. The Bertz CT molecular complexity index is 444. The number of hydrogen-bond acceptors (Lipinski definition) is 6. The largest absolute Gasteiger partial charge is 0.468 e. The van der Waals surface area contributed by atoms with Gasteiger partial charge in [-0.3, -0.25) is 9.69 Å². The van der Waals surface area contributed by atoms with Crippen LogP contribution in [0.4, 0.5) is 0 Å². The van der Waals surface area contributed by atoms with E-state index in [1.54, 1.807) is 0 Å². The minimum absolute atomic E-state index is 0.238. The molecular weight excluding hydrogens is 248 g/mol. The van der Waals surface area contributed by atoms with E-state index >= 15 is 0 Å². The molecule has 2 rings (SSSR count). The topological polar surface area (TPSA) is 75.8 Å². The molecule has 19 heavy (non-hydrogen) atoms. The van der Waals surface area contributed by atoms with Crippen molar-refractivity contribution in [3.05, 3.63) is 17.8 Å². The first-order valence-electron chi connectivity index (χ1n) is 6.45. The van der Waals surface area contributed by atoms with Crippen LogP contribution in [0.2, 0.25) is 0 Å². The van der Waals surface area contributed by atoms with Crippen LogP contribution in [0.15, 0.2) is 10.8 Å². The number of nitrogens with zero attached hydrogens (tertiary/aromatic N) is 2. The first kappa shape index (κ1) is 14.0. The number of aliphatic hydroxyl groups excluding tert-OH is 1. The number of β-amino-alcohol motifs (C(OH)–C–C–N with tert-alkyl or cyclic N) is 1. The Hall–Kier alpha value is -1.40. The van der Waals surface area contributed by atoms with Crippen LogP contribution in [0.3, 0.4) is 0 Å². The summed E-state index contributed by atoms with van der Waals surface area (Å²) in [6, 6.07) is -0.406. The van der Waals surface area contributed by atoms with Gasteiger partial charge >= 0.3 is 5.97 Å². The van der Waals surface area contributed by atoms with E-state index in [4.69, 9.17) is 9.15 Å². The van der Waals surface area contributed by atoms with Gasteiger partial charge in [0.15, 0.2) is 6.39 Å². The third-order valence-corrected chi connectivity index (χ3v) is 3.40. The van der Waals surface area contributed by atoms with Gasteiger partial charge < -0.3 is 14.3 Å². The summed E-state index contributed by atoms with van der Waals surface area (Å²) in [7, 11) is 1.36. The lowest BCUT2D eigenvalue weighted by Gasteiger charge is -2.21. The van der Waals surface area contributed by atoms with Crippen LogP contribution in [-0.4, -0.2) is 46.8 Å². The minimum atomic E-state index is -0.501. The number of rotatable bonds is 4. The molecular formula is C13H20N2O4. The lowest BCUT2D eigenvalue weighted by atomic mass is 10.1. The summed E-state index contributed by atoms with van der Waals surface area (Å²) in [6.45, 7) is 4.99. The standard InChI is InChI=1S/C13H20N2O4/c1-8(2)12-10(14-7-19-12)6-15-5-9(16)4-11(15)13(17)18-3/h7-9,11,16H,4-6H2,1-3H3/t9-,11+/m0/s1. The molecule has 0 radical (unpaired) electrons. The highest BCUT2D eigenvalue weighted by Crippen LogP contribution is 2.25. The molecule has 1 aliphatic rings. The summed E-state index contributed by atoms with van der Waals surface area (Å²) in [5.41, 5.74) is 0.818. The summed E-state index contributed by atoms with van der Waals surface area (Å²) in [6.07, 6.45) is 1.32. The first-order valence-corrected chi connectivity index (χ1v) is 6.45. The Labute approximate surface area is 112 Å². The number of ether oxygens (including phenoxy) is 1. The molecule has 0 spiro atoms. The van der Waals surface area contributed by atoms with Crippen molar-refractivity contribution in [2.75, 3.05) is 13.7 Å². The Balaban J connectivity index is 2.12. The number of hydrogen-bond donors (Lipinski definition) is 1. The molecule has 0 aromatic carbocycles. The smallest absolute Gasteiger partial charge is 0.323 e. The molecule has 1 aliphatic heterocycles. The van der Waals surface area contributed by atoms with Gasteiger partial charge in [0.05, 0.1) is 18.9 Å². The number of methoxy groups -OCH3 is 1. The van der Waals surface area contributed by atoms with E-state index in [2.05, 4.69) is 4.98 Å². The van der Waals surface area contributed by atoms with Crippen molar-refractivity contribution < 1.29 is 19.1 Å². The maximum absolute atomic E-state index is 11.7. The summed E-state index contributed by atoms with van der Waals surface area (Å²) in [4.78, 5) is 17.8. The Morgan fingerprint density at radius 2 is 2.42 bits per heavy atom. The predicted octanol–water partition coefficient (Wildman–Crippen LogP) is 0.906. The van der Waals surface area contributed by atoms with Crippen molar-refractivity contribution in [2.24, 2.45) is 0 Å². The van der Waals surface area contributed by atoms with Crippen molar-refractivity contribution in [2.45, 2.75) is 44.9 Å². The van der Waals surface area contributed by atoms with E-state index in [1.165, 1.54) is 13.5 Å². The van der Waals surface area contributed by atoms with Gasteiger partial charge in [-0.15, -0.1) is 0 Å². The van der Waals surface area contributed by atoms with Gasteiger partial charge in [0.25, 0.3) is 0 Å².